The average molecular weight is 202 g/mol. The summed E-state index contributed by atoms with van der Waals surface area (Å²) < 4.78 is 13.9. The summed E-state index contributed by atoms with van der Waals surface area (Å²) in [5.41, 5.74) is 6.42. The zero-order chi connectivity index (χ0) is 9.84. The van der Waals surface area contributed by atoms with Gasteiger partial charge in [-0.05, 0) is 12.8 Å². The Morgan fingerprint density at radius 2 is 2.23 bits per heavy atom. The van der Waals surface area contributed by atoms with Crippen LogP contribution >= 0.6 is 12.0 Å². The summed E-state index contributed by atoms with van der Waals surface area (Å²) in [4.78, 5) is 4.66. The Hall–Kier alpha value is -0.680. The minimum Gasteiger partial charge on any atom is -0.482 e. The molecule has 0 amide bonds. The second-order valence-corrected chi connectivity index (χ2v) is 3.46. The van der Waals surface area contributed by atoms with Crippen LogP contribution < -0.4 is 5.73 Å². The van der Waals surface area contributed by atoms with Crippen LogP contribution in [-0.2, 0) is 4.74 Å². The zero-order valence-corrected chi connectivity index (χ0v) is 8.60. The Kier molecular flexibility index (Phi) is 3.62. The molecule has 0 spiro atoms. The van der Waals surface area contributed by atoms with E-state index in [1.807, 2.05) is 0 Å². The third kappa shape index (κ3) is 2.38. The molecular weight excluding hydrogens is 188 g/mol. The van der Waals surface area contributed by atoms with Gasteiger partial charge in [-0.25, -0.2) is 0 Å². The number of hydrogen-bond donors (Lipinski definition) is 2. The van der Waals surface area contributed by atoms with Crippen LogP contribution in [0.25, 0.3) is 0 Å². The van der Waals surface area contributed by atoms with Gasteiger partial charge in [0.2, 0.25) is 5.88 Å². The normalized spacial score (nSPS) is 19.8. The van der Waals surface area contributed by atoms with Gasteiger partial charge in [0.05, 0.1) is 12.8 Å². The minimum atomic E-state index is 0.236. The number of ether oxygens (including phenoxy) is 1. The first-order valence-corrected chi connectivity index (χ1v) is 4.84. The highest BCUT2D eigenvalue weighted by Crippen LogP contribution is 2.36. The third-order valence-electron chi connectivity index (χ3n) is 1.97. The van der Waals surface area contributed by atoms with Gasteiger partial charge in [-0.1, -0.05) is 0 Å². The van der Waals surface area contributed by atoms with Gasteiger partial charge in [0.1, 0.15) is 4.91 Å². The fraction of sp³-hybridized carbons (Fsp3) is 0.625. The maximum Gasteiger partial charge on any atom is 0.202 e. The Bertz CT molecular complexity index is 247. The van der Waals surface area contributed by atoms with E-state index in [0.29, 0.717) is 22.9 Å². The number of allylic oxidation sites excluding steroid dienone is 1. The number of nitrogens with zero attached hydrogens (tertiary/aromatic N) is 1. The summed E-state index contributed by atoms with van der Waals surface area (Å²) in [6.07, 6.45) is 2.24. The van der Waals surface area contributed by atoms with Crippen LogP contribution in [0.15, 0.2) is 15.8 Å². The van der Waals surface area contributed by atoms with Gasteiger partial charge < -0.3 is 15.0 Å². The number of rotatable bonds is 4. The van der Waals surface area contributed by atoms with Crippen molar-refractivity contribution in [3.05, 3.63) is 10.8 Å². The Balaban J connectivity index is 2.86. The molecule has 0 unspecified atom stereocenters. The van der Waals surface area contributed by atoms with E-state index < -0.39 is 0 Å². The summed E-state index contributed by atoms with van der Waals surface area (Å²) in [5.74, 6) is 0.688. The van der Waals surface area contributed by atoms with E-state index in [9.17, 15) is 0 Å². The van der Waals surface area contributed by atoms with Crippen molar-refractivity contribution in [2.45, 2.75) is 12.8 Å². The van der Waals surface area contributed by atoms with Gasteiger partial charge >= 0.3 is 0 Å². The molecule has 0 atom stereocenters. The summed E-state index contributed by atoms with van der Waals surface area (Å²) >= 11 is 0.602. The molecule has 0 aliphatic heterocycles. The predicted molar refractivity (Wildman–Crippen MR) is 54.5 cm³/mol. The first kappa shape index (κ1) is 10.4. The van der Waals surface area contributed by atoms with Gasteiger partial charge in [-0.2, -0.15) is 0 Å². The lowest BCUT2D eigenvalue weighted by atomic mass is 10.2. The van der Waals surface area contributed by atoms with E-state index in [0.717, 1.165) is 18.6 Å². The molecule has 1 aliphatic rings. The Labute approximate surface area is 82.1 Å². The van der Waals surface area contributed by atoms with Crippen molar-refractivity contribution in [3.63, 3.8) is 0 Å². The topological polar surface area (TPSA) is 67.8 Å². The first-order chi connectivity index (χ1) is 6.24. The standard InChI is InChI=1S/C8H14N2O2S/c1-10-6(5-3-4-5)7(13-11)8(9)12-2/h5,11H,3-4,9H2,1-2H3. The van der Waals surface area contributed by atoms with Crippen molar-refractivity contribution in [1.29, 1.82) is 0 Å². The number of aliphatic imine (C=N–C) groups is 1. The summed E-state index contributed by atoms with van der Waals surface area (Å²) in [7, 11) is 3.18. The molecule has 1 fully saturated rings. The Morgan fingerprint density at radius 1 is 1.62 bits per heavy atom. The van der Waals surface area contributed by atoms with E-state index in [-0.39, 0.29) is 5.88 Å². The third-order valence-corrected chi connectivity index (χ3v) is 2.57. The number of methoxy groups -OCH3 is 1. The van der Waals surface area contributed by atoms with Crippen LogP contribution in [0.1, 0.15) is 12.8 Å². The van der Waals surface area contributed by atoms with Crippen molar-refractivity contribution >= 4 is 17.8 Å². The van der Waals surface area contributed by atoms with Crippen LogP contribution in [0.3, 0.4) is 0 Å². The molecular formula is C8H14N2O2S. The average Bonchev–Trinajstić information content (AvgIpc) is 2.96. The molecule has 0 aromatic heterocycles. The molecule has 0 heterocycles. The highest BCUT2D eigenvalue weighted by atomic mass is 32.2. The molecule has 0 aromatic carbocycles. The predicted octanol–water partition coefficient (Wildman–Crippen LogP) is 1.45. The van der Waals surface area contributed by atoms with Gasteiger partial charge in [0.15, 0.2) is 0 Å². The van der Waals surface area contributed by atoms with Crippen molar-refractivity contribution in [1.82, 2.24) is 0 Å². The molecule has 1 saturated carbocycles. The molecule has 0 saturated heterocycles. The molecule has 13 heavy (non-hydrogen) atoms. The lowest BCUT2D eigenvalue weighted by Crippen LogP contribution is -2.12. The lowest BCUT2D eigenvalue weighted by molar-refractivity contribution is 0.287. The number of nitrogens with two attached hydrogens (primary N) is 1. The van der Waals surface area contributed by atoms with Crippen LogP contribution in [0.2, 0.25) is 0 Å². The van der Waals surface area contributed by atoms with Crippen molar-refractivity contribution in [2.75, 3.05) is 14.2 Å². The smallest absolute Gasteiger partial charge is 0.202 e. The number of hydrogen-bond acceptors (Lipinski definition) is 5. The maximum atomic E-state index is 9.02. The van der Waals surface area contributed by atoms with E-state index in [1.165, 1.54) is 7.11 Å². The molecule has 4 nitrogen and oxygen atoms in total. The van der Waals surface area contributed by atoms with Gasteiger partial charge in [-0.3, -0.25) is 4.99 Å². The summed E-state index contributed by atoms with van der Waals surface area (Å²) in [6.45, 7) is 0. The molecule has 0 aromatic rings. The largest absolute Gasteiger partial charge is 0.482 e. The maximum absolute atomic E-state index is 9.02. The first-order valence-electron chi connectivity index (χ1n) is 4.06. The molecule has 74 valence electrons. The van der Waals surface area contributed by atoms with Crippen LogP contribution in [0, 0.1) is 5.92 Å². The van der Waals surface area contributed by atoms with E-state index in [4.69, 9.17) is 15.0 Å². The second-order valence-electron chi connectivity index (χ2n) is 2.87. The molecule has 3 N–H and O–H groups in total. The molecule has 0 radical (unpaired) electrons. The lowest BCUT2D eigenvalue weighted by Gasteiger charge is -2.08. The summed E-state index contributed by atoms with van der Waals surface area (Å²) in [5, 5.41) is 0. The van der Waals surface area contributed by atoms with E-state index >= 15 is 0 Å². The zero-order valence-electron chi connectivity index (χ0n) is 7.78. The minimum absolute atomic E-state index is 0.236. The monoisotopic (exact) mass is 202 g/mol. The highest BCUT2D eigenvalue weighted by molar-refractivity contribution is 7.98. The van der Waals surface area contributed by atoms with Crippen molar-refractivity contribution in [3.8, 4) is 0 Å². The van der Waals surface area contributed by atoms with Crippen molar-refractivity contribution < 1.29 is 9.29 Å². The fourth-order valence-corrected chi connectivity index (χ4v) is 1.66. The van der Waals surface area contributed by atoms with Crippen molar-refractivity contribution in [2.24, 2.45) is 16.6 Å². The van der Waals surface area contributed by atoms with Crippen LogP contribution in [0.4, 0.5) is 0 Å². The summed E-state index contributed by atoms with van der Waals surface area (Å²) in [6, 6.07) is 0. The van der Waals surface area contributed by atoms with E-state index in [2.05, 4.69) is 4.99 Å². The Morgan fingerprint density at radius 3 is 2.54 bits per heavy atom. The van der Waals surface area contributed by atoms with Crippen LogP contribution in [0.5, 0.6) is 0 Å². The second kappa shape index (κ2) is 4.53. The molecule has 0 bridgehead atoms. The molecule has 1 aliphatic carbocycles. The van der Waals surface area contributed by atoms with Crippen LogP contribution in [-0.4, -0.2) is 24.4 Å². The van der Waals surface area contributed by atoms with Gasteiger partial charge in [0, 0.05) is 25.0 Å². The highest BCUT2D eigenvalue weighted by Gasteiger charge is 2.31. The van der Waals surface area contributed by atoms with E-state index in [1.54, 1.807) is 7.05 Å². The molecule has 5 heteroatoms. The van der Waals surface area contributed by atoms with Gasteiger partial charge in [0.25, 0.3) is 0 Å². The quantitative estimate of drug-likeness (QED) is 0.411. The van der Waals surface area contributed by atoms with Gasteiger partial charge in [-0.15, -0.1) is 0 Å². The fourth-order valence-electron chi connectivity index (χ4n) is 1.14. The molecule has 1 rings (SSSR count). The SMILES string of the molecule is CN=C(C(SO)=C(N)OC)C1CC1.